The highest BCUT2D eigenvalue weighted by molar-refractivity contribution is 5.97. The van der Waals surface area contributed by atoms with Crippen LogP contribution in [0.3, 0.4) is 0 Å². The fourth-order valence-electron chi connectivity index (χ4n) is 2.60. The second-order valence-electron chi connectivity index (χ2n) is 6.61. The smallest absolute Gasteiger partial charge is 0.329 e. The Labute approximate surface area is 173 Å². The molecule has 2 amide bonds. The van der Waals surface area contributed by atoms with E-state index in [0.29, 0.717) is 17.2 Å². The molecule has 156 valence electrons. The summed E-state index contributed by atoms with van der Waals surface area (Å²) in [5, 5.41) is 5.15. The van der Waals surface area contributed by atoms with E-state index in [9.17, 15) is 14.4 Å². The van der Waals surface area contributed by atoms with Crippen LogP contribution in [0, 0.1) is 0 Å². The Hall–Kier alpha value is -3.81. The number of carbonyl (C=O) groups is 3. The van der Waals surface area contributed by atoms with Crippen LogP contribution in [0.4, 0.5) is 5.69 Å². The summed E-state index contributed by atoms with van der Waals surface area (Å²) in [7, 11) is 0. The van der Waals surface area contributed by atoms with Crippen molar-refractivity contribution < 1.29 is 28.6 Å². The third kappa shape index (κ3) is 5.60. The van der Waals surface area contributed by atoms with Crippen molar-refractivity contribution in [3.63, 3.8) is 0 Å². The number of benzene rings is 2. The van der Waals surface area contributed by atoms with Gasteiger partial charge >= 0.3 is 5.97 Å². The van der Waals surface area contributed by atoms with Gasteiger partial charge in [0, 0.05) is 17.8 Å². The van der Waals surface area contributed by atoms with Crippen molar-refractivity contribution in [2.75, 3.05) is 12.1 Å². The predicted octanol–water partition coefficient (Wildman–Crippen LogP) is 2.50. The van der Waals surface area contributed by atoms with Crippen molar-refractivity contribution in [3.8, 4) is 11.5 Å². The third-order valence-corrected chi connectivity index (χ3v) is 4.24. The van der Waals surface area contributed by atoms with Crippen molar-refractivity contribution >= 4 is 29.5 Å². The van der Waals surface area contributed by atoms with Crippen LogP contribution in [0.5, 0.6) is 11.5 Å². The molecule has 2 aromatic carbocycles. The topological polar surface area (TPSA) is 103 Å². The van der Waals surface area contributed by atoms with Gasteiger partial charge < -0.3 is 24.8 Å². The summed E-state index contributed by atoms with van der Waals surface area (Å²) in [4.78, 5) is 36.5. The number of nitrogens with one attached hydrogen (secondary N) is 2. The molecule has 2 atom stereocenters. The van der Waals surface area contributed by atoms with Crippen molar-refractivity contribution in [2.45, 2.75) is 26.0 Å². The Morgan fingerprint density at radius 3 is 2.53 bits per heavy atom. The summed E-state index contributed by atoms with van der Waals surface area (Å²) in [6.45, 7) is 3.06. The Balaban J connectivity index is 1.47. The second-order valence-corrected chi connectivity index (χ2v) is 6.61. The first kappa shape index (κ1) is 20.9. The van der Waals surface area contributed by atoms with Crippen molar-refractivity contribution in [1.82, 2.24) is 5.32 Å². The first-order valence-electron chi connectivity index (χ1n) is 9.37. The van der Waals surface area contributed by atoms with E-state index in [1.54, 1.807) is 24.3 Å². The quantitative estimate of drug-likeness (QED) is 0.537. The zero-order valence-electron chi connectivity index (χ0n) is 16.6. The SMILES string of the molecule is C[C@H](NC(=O)/C=C/c1ccccc1)C(=O)O[C@H](C)C(=O)Nc1ccc2c(c1)OCO2. The molecule has 8 heteroatoms. The molecular formula is C22H22N2O6. The average Bonchev–Trinajstić information content (AvgIpc) is 3.20. The van der Waals surface area contributed by atoms with E-state index >= 15 is 0 Å². The van der Waals surface area contributed by atoms with Gasteiger partial charge in [-0.2, -0.15) is 0 Å². The van der Waals surface area contributed by atoms with Gasteiger partial charge in [0.25, 0.3) is 5.91 Å². The number of anilines is 1. The van der Waals surface area contributed by atoms with E-state index < -0.39 is 29.9 Å². The Bertz CT molecular complexity index is 957. The zero-order valence-corrected chi connectivity index (χ0v) is 16.6. The molecule has 1 aliphatic rings. The number of carbonyl (C=O) groups excluding carboxylic acids is 3. The maximum Gasteiger partial charge on any atom is 0.329 e. The number of hydrogen-bond acceptors (Lipinski definition) is 6. The largest absolute Gasteiger partial charge is 0.454 e. The van der Waals surface area contributed by atoms with Gasteiger partial charge in [-0.1, -0.05) is 30.3 Å². The van der Waals surface area contributed by atoms with Crippen LogP contribution in [-0.4, -0.2) is 36.7 Å². The van der Waals surface area contributed by atoms with Gasteiger partial charge in [0.1, 0.15) is 6.04 Å². The maximum absolute atomic E-state index is 12.3. The Morgan fingerprint density at radius 1 is 1.03 bits per heavy atom. The van der Waals surface area contributed by atoms with Crippen LogP contribution in [0.1, 0.15) is 19.4 Å². The number of hydrogen-bond donors (Lipinski definition) is 2. The van der Waals surface area contributed by atoms with Gasteiger partial charge in [-0.3, -0.25) is 9.59 Å². The molecule has 0 fully saturated rings. The van der Waals surface area contributed by atoms with E-state index in [4.69, 9.17) is 14.2 Å². The molecule has 3 rings (SSSR count). The summed E-state index contributed by atoms with van der Waals surface area (Å²) in [6, 6.07) is 13.3. The minimum absolute atomic E-state index is 0.130. The molecule has 30 heavy (non-hydrogen) atoms. The molecule has 0 aromatic heterocycles. The molecule has 1 heterocycles. The Kier molecular flexibility index (Phi) is 6.69. The number of amides is 2. The van der Waals surface area contributed by atoms with Crippen LogP contribution in [0.15, 0.2) is 54.6 Å². The number of esters is 1. The minimum atomic E-state index is -1.05. The summed E-state index contributed by atoms with van der Waals surface area (Å²) in [5.41, 5.74) is 1.34. The molecule has 0 unspecified atom stereocenters. The van der Waals surface area contributed by atoms with Gasteiger partial charge in [-0.25, -0.2) is 4.79 Å². The molecule has 0 bridgehead atoms. The first-order valence-corrected chi connectivity index (χ1v) is 9.37. The maximum atomic E-state index is 12.3. The highest BCUT2D eigenvalue weighted by atomic mass is 16.7. The second kappa shape index (κ2) is 9.60. The van der Waals surface area contributed by atoms with Crippen LogP contribution >= 0.6 is 0 Å². The molecule has 0 aliphatic carbocycles. The lowest BCUT2D eigenvalue weighted by molar-refractivity contribution is -0.155. The molecule has 2 N–H and O–H groups in total. The van der Waals surface area contributed by atoms with Crippen molar-refractivity contribution in [1.29, 1.82) is 0 Å². The molecule has 2 aromatic rings. The van der Waals surface area contributed by atoms with Crippen molar-refractivity contribution in [3.05, 3.63) is 60.2 Å². The fourth-order valence-corrected chi connectivity index (χ4v) is 2.60. The van der Waals surface area contributed by atoms with Gasteiger partial charge in [-0.05, 0) is 37.6 Å². The highest BCUT2D eigenvalue weighted by Gasteiger charge is 2.23. The van der Waals surface area contributed by atoms with Crippen LogP contribution in [-0.2, 0) is 19.1 Å². The van der Waals surface area contributed by atoms with E-state index in [1.165, 1.54) is 19.9 Å². The number of rotatable bonds is 7. The lowest BCUT2D eigenvalue weighted by Gasteiger charge is -2.17. The highest BCUT2D eigenvalue weighted by Crippen LogP contribution is 2.34. The van der Waals surface area contributed by atoms with Crippen LogP contribution < -0.4 is 20.1 Å². The molecule has 0 saturated heterocycles. The summed E-state index contributed by atoms with van der Waals surface area (Å²) >= 11 is 0. The van der Waals surface area contributed by atoms with Crippen LogP contribution in [0.2, 0.25) is 0 Å². The number of fused-ring (bicyclic) bond motifs is 1. The molecule has 1 aliphatic heterocycles. The van der Waals surface area contributed by atoms with E-state index in [0.717, 1.165) is 5.56 Å². The van der Waals surface area contributed by atoms with Gasteiger partial charge in [-0.15, -0.1) is 0 Å². The normalized spacial score (nSPS) is 14.1. The summed E-state index contributed by atoms with van der Waals surface area (Å²) in [5.74, 6) is -0.550. The molecular weight excluding hydrogens is 388 g/mol. The monoisotopic (exact) mass is 410 g/mol. The van der Waals surface area contributed by atoms with Crippen molar-refractivity contribution in [2.24, 2.45) is 0 Å². The summed E-state index contributed by atoms with van der Waals surface area (Å²) in [6.07, 6.45) is 1.91. The van der Waals surface area contributed by atoms with E-state index in [2.05, 4.69) is 10.6 Å². The lowest BCUT2D eigenvalue weighted by Crippen LogP contribution is -2.41. The van der Waals surface area contributed by atoms with Gasteiger partial charge in [0.05, 0.1) is 0 Å². The molecule has 0 spiro atoms. The third-order valence-electron chi connectivity index (χ3n) is 4.24. The lowest BCUT2D eigenvalue weighted by atomic mass is 10.2. The minimum Gasteiger partial charge on any atom is -0.454 e. The van der Waals surface area contributed by atoms with Gasteiger partial charge in [0.2, 0.25) is 12.7 Å². The predicted molar refractivity (Wildman–Crippen MR) is 110 cm³/mol. The van der Waals surface area contributed by atoms with E-state index in [-0.39, 0.29) is 6.79 Å². The average molecular weight is 410 g/mol. The number of ether oxygens (including phenoxy) is 3. The molecule has 0 saturated carbocycles. The van der Waals surface area contributed by atoms with Crippen LogP contribution in [0.25, 0.3) is 6.08 Å². The molecule has 0 radical (unpaired) electrons. The first-order chi connectivity index (χ1) is 14.4. The fraction of sp³-hybridized carbons (Fsp3) is 0.227. The van der Waals surface area contributed by atoms with Gasteiger partial charge in [0.15, 0.2) is 17.6 Å². The Morgan fingerprint density at radius 2 is 1.77 bits per heavy atom. The molecule has 8 nitrogen and oxygen atoms in total. The summed E-state index contributed by atoms with van der Waals surface area (Å²) < 4.78 is 15.6. The van der Waals surface area contributed by atoms with E-state index in [1.807, 2.05) is 30.3 Å². The zero-order chi connectivity index (χ0) is 21.5. The standard InChI is InChI=1S/C22H22N2O6/c1-14(23-20(25)11-8-16-6-4-3-5-7-16)22(27)30-15(2)21(26)24-17-9-10-18-19(12-17)29-13-28-18/h3-12,14-15H,13H2,1-2H3,(H,23,25)(H,24,26)/b11-8+/t14-,15+/m0/s1.